The van der Waals surface area contributed by atoms with Gasteiger partial charge in [0.2, 0.25) is 11.8 Å². The van der Waals surface area contributed by atoms with Crippen molar-refractivity contribution in [1.29, 1.82) is 0 Å². The summed E-state index contributed by atoms with van der Waals surface area (Å²) in [5.74, 6) is 5.16. The molecule has 0 spiro atoms. The van der Waals surface area contributed by atoms with Gasteiger partial charge in [-0.05, 0) is 23.5 Å². The molecule has 0 bridgehead atoms. The van der Waals surface area contributed by atoms with Gasteiger partial charge in [-0.15, -0.1) is 0 Å². The van der Waals surface area contributed by atoms with E-state index in [1.54, 1.807) is 18.2 Å². The molecule has 1 aliphatic heterocycles. The van der Waals surface area contributed by atoms with Crippen molar-refractivity contribution in [3.05, 3.63) is 23.9 Å². The Morgan fingerprint density at radius 1 is 1.29 bits per heavy atom. The second-order valence-electron chi connectivity index (χ2n) is 5.95. The molecule has 0 radical (unpaired) electrons. The second-order valence-corrected chi connectivity index (χ2v) is 5.95. The largest absolute Gasteiger partial charge is 0.395 e. The number of aromatic nitrogens is 1. The third kappa shape index (κ3) is 2.03. The van der Waals surface area contributed by atoms with Crippen LogP contribution in [0.5, 0.6) is 0 Å². The number of nitrogens with zero attached hydrogens (tertiary/aromatic N) is 2. The number of hydrogen-bond acceptors (Lipinski definition) is 4. The number of aliphatic hydroxyl groups is 1. The van der Waals surface area contributed by atoms with E-state index in [1.165, 1.54) is 4.90 Å². The number of hydrogen-bond donors (Lipinski definition) is 1. The molecule has 0 aromatic carbocycles. The number of pyridine rings is 1. The number of rotatable bonds is 2. The molecule has 1 saturated carbocycles. The molecular weight excluding hydrogens is 268 g/mol. The molecule has 108 valence electrons. The number of piperidine rings is 1. The van der Waals surface area contributed by atoms with Gasteiger partial charge in [0.15, 0.2) is 0 Å². The highest BCUT2D eigenvalue weighted by Gasteiger charge is 2.72. The third-order valence-electron chi connectivity index (χ3n) is 4.22. The maximum absolute atomic E-state index is 12.3. The molecule has 5 nitrogen and oxygen atoms in total. The minimum atomic E-state index is -0.219. The van der Waals surface area contributed by atoms with Crippen LogP contribution in [-0.4, -0.2) is 28.5 Å². The lowest BCUT2D eigenvalue weighted by molar-refractivity contribution is -0.125. The summed E-state index contributed by atoms with van der Waals surface area (Å²) in [6, 6.07) is 5.08. The molecule has 1 N–H and O–H groups in total. The maximum atomic E-state index is 12.3. The van der Waals surface area contributed by atoms with Crippen molar-refractivity contribution in [1.82, 2.24) is 4.98 Å². The van der Waals surface area contributed by atoms with E-state index >= 15 is 0 Å². The predicted octanol–water partition coefficient (Wildman–Crippen LogP) is 0.961. The fourth-order valence-electron chi connectivity index (χ4n) is 3.00. The van der Waals surface area contributed by atoms with Gasteiger partial charge in [0.25, 0.3) is 0 Å². The summed E-state index contributed by atoms with van der Waals surface area (Å²) in [6.45, 7) is 3.88. The SMILES string of the molecule is CC1(C)C2C(=O)N(c3cccc(C#CCCO)n3)C(=O)C21. The summed E-state index contributed by atoms with van der Waals surface area (Å²) >= 11 is 0. The fraction of sp³-hybridized carbons (Fsp3) is 0.438. The zero-order valence-corrected chi connectivity index (χ0v) is 12.0. The summed E-state index contributed by atoms with van der Waals surface area (Å²) in [5, 5.41) is 8.70. The van der Waals surface area contributed by atoms with E-state index in [0.29, 0.717) is 17.9 Å². The van der Waals surface area contributed by atoms with Crippen LogP contribution in [0.2, 0.25) is 0 Å². The van der Waals surface area contributed by atoms with E-state index in [0.717, 1.165) is 0 Å². The maximum Gasteiger partial charge on any atom is 0.239 e. The third-order valence-corrected chi connectivity index (χ3v) is 4.22. The summed E-state index contributed by atoms with van der Waals surface area (Å²) < 4.78 is 0. The van der Waals surface area contributed by atoms with E-state index < -0.39 is 0 Å². The second kappa shape index (κ2) is 4.68. The Balaban J connectivity index is 1.86. The molecule has 2 amide bonds. The monoisotopic (exact) mass is 284 g/mol. The molecule has 2 aliphatic rings. The van der Waals surface area contributed by atoms with Crippen LogP contribution < -0.4 is 4.90 Å². The lowest BCUT2D eigenvalue weighted by Gasteiger charge is -2.19. The Bertz CT molecular complexity index is 660. The van der Waals surface area contributed by atoms with Crippen molar-refractivity contribution in [2.75, 3.05) is 11.5 Å². The Morgan fingerprint density at radius 3 is 2.57 bits per heavy atom. The Morgan fingerprint density at radius 2 is 1.95 bits per heavy atom. The number of fused-ring (bicyclic) bond motifs is 1. The van der Waals surface area contributed by atoms with Gasteiger partial charge in [0.1, 0.15) is 11.5 Å². The molecule has 2 unspecified atom stereocenters. The van der Waals surface area contributed by atoms with Crippen LogP contribution in [-0.2, 0) is 9.59 Å². The van der Waals surface area contributed by atoms with Crippen LogP contribution in [0, 0.1) is 29.1 Å². The van der Waals surface area contributed by atoms with Gasteiger partial charge in [-0.2, -0.15) is 0 Å². The van der Waals surface area contributed by atoms with Crippen LogP contribution in [0.1, 0.15) is 26.0 Å². The zero-order chi connectivity index (χ0) is 15.2. The summed E-state index contributed by atoms with van der Waals surface area (Å²) in [5.41, 5.74) is 0.268. The van der Waals surface area contributed by atoms with E-state index in [2.05, 4.69) is 16.8 Å². The molecular formula is C16H16N2O3. The molecule has 3 rings (SSSR count). The highest BCUT2D eigenvalue weighted by atomic mass is 16.3. The molecule has 5 heteroatoms. The predicted molar refractivity (Wildman–Crippen MR) is 76.1 cm³/mol. The number of carbonyl (C=O) groups excluding carboxylic acids is 2. The van der Waals surface area contributed by atoms with Crippen LogP contribution >= 0.6 is 0 Å². The van der Waals surface area contributed by atoms with E-state index in [9.17, 15) is 9.59 Å². The molecule has 2 fully saturated rings. The molecule has 1 aliphatic carbocycles. The van der Waals surface area contributed by atoms with E-state index in [-0.39, 0.29) is 35.7 Å². The molecule has 1 aromatic rings. The van der Waals surface area contributed by atoms with Crippen LogP contribution in [0.15, 0.2) is 18.2 Å². The molecule has 1 saturated heterocycles. The van der Waals surface area contributed by atoms with E-state index in [1.807, 2.05) is 13.8 Å². The van der Waals surface area contributed by atoms with Crippen LogP contribution in [0.4, 0.5) is 5.82 Å². The normalized spacial score (nSPS) is 25.4. The molecule has 21 heavy (non-hydrogen) atoms. The number of amides is 2. The average Bonchev–Trinajstić information content (AvgIpc) is 2.90. The Hall–Kier alpha value is -2.19. The van der Waals surface area contributed by atoms with Gasteiger partial charge in [0, 0.05) is 6.42 Å². The molecule has 1 aromatic heterocycles. The van der Waals surface area contributed by atoms with Crippen molar-refractivity contribution in [2.24, 2.45) is 17.3 Å². The first-order valence-electron chi connectivity index (χ1n) is 6.93. The van der Waals surface area contributed by atoms with Crippen LogP contribution in [0.3, 0.4) is 0 Å². The number of aliphatic hydroxyl groups excluding tert-OH is 1. The number of imide groups is 1. The Labute approximate surface area is 123 Å². The smallest absolute Gasteiger partial charge is 0.239 e. The van der Waals surface area contributed by atoms with Crippen molar-refractivity contribution in [3.63, 3.8) is 0 Å². The first-order valence-corrected chi connectivity index (χ1v) is 6.93. The highest BCUT2D eigenvalue weighted by Crippen LogP contribution is 2.63. The first kappa shape index (κ1) is 13.8. The quantitative estimate of drug-likeness (QED) is 0.648. The standard InChI is InChI=1S/C16H16N2O3/c1-16(2)12-13(16)15(21)18(14(12)20)11-8-5-7-10(17-11)6-3-4-9-19/h5,7-8,12-13,19H,4,9H2,1-2H3. The summed E-state index contributed by atoms with van der Waals surface area (Å²) in [6.07, 6.45) is 0.367. The van der Waals surface area contributed by atoms with Gasteiger partial charge < -0.3 is 5.11 Å². The highest BCUT2D eigenvalue weighted by molar-refractivity contribution is 6.25. The summed E-state index contributed by atoms with van der Waals surface area (Å²) in [4.78, 5) is 30.1. The van der Waals surface area contributed by atoms with Gasteiger partial charge in [-0.3, -0.25) is 9.59 Å². The van der Waals surface area contributed by atoms with Crippen LogP contribution in [0.25, 0.3) is 0 Å². The topological polar surface area (TPSA) is 70.5 Å². The van der Waals surface area contributed by atoms with Gasteiger partial charge in [0.05, 0.1) is 18.4 Å². The molecule has 2 heterocycles. The molecule has 2 atom stereocenters. The minimum absolute atomic E-state index is 0.00572. The van der Waals surface area contributed by atoms with E-state index in [4.69, 9.17) is 5.11 Å². The van der Waals surface area contributed by atoms with Gasteiger partial charge in [-0.25, -0.2) is 9.88 Å². The number of carbonyl (C=O) groups is 2. The van der Waals surface area contributed by atoms with Crippen molar-refractivity contribution in [2.45, 2.75) is 20.3 Å². The lowest BCUT2D eigenvalue weighted by Crippen LogP contribution is -2.36. The van der Waals surface area contributed by atoms with Gasteiger partial charge in [-0.1, -0.05) is 25.8 Å². The van der Waals surface area contributed by atoms with Crippen molar-refractivity contribution in [3.8, 4) is 11.8 Å². The average molecular weight is 284 g/mol. The lowest BCUT2D eigenvalue weighted by atomic mass is 10.1. The van der Waals surface area contributed by atoms with Crippen molar-refractivity contribution < 1.29 is 14.7 Å². The first-order chi connectivity index (χ1) is 9.98. The zero-order valence-electron chi connectivity index (χ0n) is 12.0. The van der Waals surface area contributed by atoms with Gasteiger partial charge >= 0.3 is 0 Å². The van der Waals surface area contributed by atoms with Crippen molar-refractivity contribution >= 4 is 17.6 Å². The number of anilines is 1. The minimum Gasteiger partial charge on any atom is -0.395 e. The Kier molecular flexibility index (Phi) is 3.07. The summed E-state index contributed by atoms with van der Waals surface area (Å²) in [7, 11) is 0. The fourth-order valence-corrected chi connectivity index (χ4v) is 3.00.